The van der Waals surface area contributed by atoms with Crippen LogP contribution < -0.4 is 14.8 Å². The van der Waals surface area contributed by atoms with Gasteiger partial charge in [-0.2, -0.15) is 0 Å². The molecule has 0 saturated carbocycles. The van der Waals surface area contributed by atoms with Crippen LogP contribution >= 0.6 is 0 Å². The first-order valence-corrected chi connectivity index (χ1v) is 11.6. The SMILES string of the molecule is COc1ccc(NC(=O)c2ccc(-c3cccc(O)c3)cc2)cc1OCCN(C(C)C)C(C)C. The molecule has 0 bridgehead atoms. The van der Waals surface area contributed by atoms with Crippen LogP contribution in [0.5, 0.6) is 17.2 Å². The lowest BCUT2D eigenvalue weighted by atomic mass is 10.0. The van der Waals surface area contributed by atoms with Crippen LogP contribution in [0, 0.1) is 0 Å². The number of carbonyl (C=O) groups is 1. The van der Waals surface area contributed by atoms with E-state index in [4.69, 9.17) is 9.47 Å². The van der Waals surface area contributed by atoms with E-state index in [1.807, 2.05) is 18.2 Å². The fourth-order valence-corrected chi connectivity index (χ4v) is 3.94. The summed E-state index contributed by atoms with van der Waals surface area (Å²) < 4.78 is 11.5. The van der Waals surface area contributed by atoms with Crippen LogP contribution in [0.2, 0.25) is 0 Å². The third-order valence-corrected chi connectivity index (χ3v) is 5.68. The zero-order valence-electron chi connectivity index (χ0n) is 20.5. The van der Waals surface area contributed by atoms with Crippen molar-refractivity contribution in [2.24, 2.45) is 0 Å². The molecule has 1 amide bonds. The molecule has 0 spiro atoms. The maximum atomic E-state index is 12.8. The number of hydrogen-bond acceptors (Lipinski definition) is 5. The van der Waals surface area contributed by atoms with Crippen LogP contribution in [-0.4, -0.2) is 48.3 Å². The highest BCUT2D eigenvalue weighted by Crippen LogP contribution is 2.31. The highest BCUT2D eigenvalue weighted by molar-refractivity contribution is 6.04. The van der Waals surface area contributed by atoms with Crippen molar-refractivity contribution >= 4 is 11.6 Å². The van der Waals surface area contributed by atoms with Gasteiger partial charge >= 0.3 is 0 Å². The number of hydrogen-bond donors (Lipinski definition) is 2. The Morgan fingerprint density at radius 1 is 0.912 bits per heavy atom. The zero-order valence-corrected chi connectivity index (χ0v) is 20.5. The lowest BCUT2D eigenvalue weighted by Gasteiger charge is -2.30. The fraction of sp³-hybridized carbons (Fsp3) is 0.321. The van der Waals surface area contributed by atoms with Gasteiger partial charge in [-0.25, -0.2) is 0 Å². The summed E-state index contributed by atoms with van der Waals surface area (Å²) in [4.78, 5) is 15.2. The lowest BCUT2D eigenvalue weighted by Crippen LogP contribution is -2.39. The van der Waals surface area contributed by atoms with Crippen molar-refractivity contribution in [1.29, 1.82) is 0 Å². The minimum atomic E-state index is -0.218. The Labute approximate surface area is 202 Å². The molecule has 6 nitrogen and oxygen atoms in total. The number of methoxy groups -OCH3 is 1. The number of ether oxygens (including phenoxy) is 2. The molecule has 6 heteroatoms. The molecule has 3 rings (SSSR count). The predicted octanol–water partition coefficient (Wildman–Crippen LogP) is 5.82. The van der Waals surface area contributed by atoms with Crippen molar-refractivity contribution in [2.75, 3.05) is 25.6 Å². The average molecular weight is 463 g/mol. The highest BCUT2D eigenvalue weighted by Gasteiger charge is 2.15. The maximum Gasteiger partial charge on any atom is 0.255 e. The van der Waals surface area contributed by atoms with E-state index < -0.39 is 0 Å². The lowest BCUT2D eigenvalue weighted by molar-refractivity contribution is 0.102. The molecule has 0 aliphatic heterocycles. The number of carbonyl (C=O) groups excluding carboxylic acids is 1. The molecule has 0 unspecified atom stereocenters. The molecular formula is C28H34N2O4. The molecule has 0 aromatic heterocycles. The molecular weight excluding hydrogens is 428 g/mol. The van der Waals surface area contributed by atoms with E-state index >= 15 is 0 Å². The second kappa shape index (κ2) is 11.6. The molecule has 0 atom stereocenters. The molecule has 3 aromatic carbocycles. The summed E-state index contributed by atoms with van der Waals surface area (Å²) in [7, 11) is 1.60. The van der Waals surface area contributed by atoms with E-state index in [1.54, 1.807) is 55.6 Å². The maximum absolute atomic E-state index is 12.8. The molecule has 2 N–H and O–H groups in total. The van der Waals surface area contributed by atoms with Gasteiger partial charge in [0, 0.05) is 35.9 Å². The van der Waals surface area contributed by atoms with Crippen LogP contribution in [0.1, 0.15) is 38.1 Å². The summed E-state index contributed by atoms with van der Waals surface area (Å²) in [6.07, 6.45) is 0. The van der Waals surface area contributed by atoms with Gasteiger partial charge in [0.25, 0.3) is 5.91 Å². The summed E-state index contributed by atoms with van der Waals surface area (Å²) in [6.45, 7) is 10.0. The second-order valence-corrected chi connectivity index (χ2v) is 8.72. The molecule has 0 fully saturated rings. The van der Waals surface area contributed by atoms with Crippen molar-refractivity contribution in [3.05, 3.63) is 72.3 Å². The molecule has 180 valence electrons. The Balaban J connectivity index is 1.67. The first-order chi connectivity index (χ1) is 16.3. The van der Waals surface area contributed by atoms with E-state index in [0.29, 0.717) is 41.4 Å². The van der Waals surface area contributed by atoms with Crippen molar-refractivity contribution in [3.8, 4) is 28.4 Å². The molecule has 0 aliphatic carbocycles. The van der Waals surface area contributed by atoms with Gasteiger partial charge in [0.15, 0.2) is 11.5 Å². The fourth-order valence-electron chi connectivity index (χ4n) is 3.94. The number of phenolic OH excluding ortho intramolecular Hbond substituents is 1. The van der Waals surface area contributed by atoms with E-state index in [9.17, 15) is 9.90 Å². The molecule has 34 heavy (non-hydrogen) atoms. The number of phenols is 1. The molecule has 3 aromatic rings. The van der Waals surface area contributed by atoms with Gasteiger partial charge in [0.1, 0.15) is 12.4 Å². The average Bonchev–Trinajstić information content (AvgIpc) is 2.81. The Morgan fingerprint density at radius 3 is 2.24 bits per heavy atom. The summed E-state index contributed by atoms with van der Waals surface area (Å²) in [5.74, 6) is 1.20. The minimum absolute atomic E-state index is 0.206. The van der Waals surface area contributed by atoms with Gasteiger partial charge in [0.2, 0.25) is 0 Å². The van der Waals surface area contributed by atoms with Gasteiger partial charge in [-0.15, -0.1) is 0 Å². The van der Waals surface area contributed by atoms with Gasteiger partial charge in [-0.05, 0) is 75.2 Å². The monoisotopic (exact) mass is 462 g/mol. The van der Waals surface area contributed by atoms with E-state index in [1.165, 1.54) is 0 Å². The number of amides is 1. The summed E-state index contributed by atoms with van der Waals surface area (Å²) in [6, 6.07) is 20.5. The minimum Gasteiger partial charge on any atom is -0.508 e. The topological polar surface area (TPSA) is 71.0 Å². The molecule has 0 saturated heterocycles. The first-order valence-electron chi connectivity index (χ1n) is 11.6. The zero-order chi connectivity index (χ0) is 24.7. The van der Waals surface area contributed by atoms with Gasteiger partial charge in [-0.1, -0.05) is 24.3 Å². The number of nitrogens with zero attached hydrogens (tertiary/aromatic N) is 1. The Hall–Kier alpha value is -3.51. The number of benzene rings is 3. The van der Waals surface area contributed by atoms with Gasteiger partial charge in [-0.3, -0.25) is 9.69 Å². The number of rotatable bonds is 10. The number of aromatic hydroxyl groups is 1. The molecule has 0 heterocycles. The van der Waals surface area contributed by atoms with Crippen molar-refractivity contribution in [1.82, 2.24) is 4.90 Å². The van der Waals surface area contributed by atoms with Crippen LogP contribution in [0.4, 0.5) is 5.69 Å². The number of nitrogens with one attached hydrogen (secondary N) is 1. The smallest absolute Gasteiger partial charge is 0.255 e. The standard InChI is InChI=1S/C28H34N2O4/c1-19(2)30(20(3)4)15-16-34-27-18-24(13-14-26(27)33-5)29-28(32)22-11-9-21(10-12-22)23-7-6-8-25(31)17-23/h6-14,17-20,31H,15-16H2,1-5H3,(H,29,32). The first kappa shape index (κ1) is 25.1. The Bertz CT molecular complexity index is 1090. The van der Waals surface area contributed by atoms with Gasteiger partial charge in [0.05, 0.1) is 7.11 Å². The van der Waals surface area contributed by atoms with Crippen LogP contribution in [-0.2, 0) is 0 Å². The normalized spacial score (nSPS) is 11.2. The highest BCUT2D eigenvalue weighted by atomic mass is 16.5. The summed E-state index contributed by atoms with van der Waals surface area (Å²) >= 11 is 0. The predicted molar refractivity (Wildman–Crippen MR) is 137 cm³/mol. The van der Waals surface area contributed by atoms with E-state index in [0.717, 1.165) is 17.7 Å². The molecule has 0 aliphatic rings. The second-order valence-electron chi connectivity index (χ2n) is 8.72. The number of anilines is 1. The van der Waals surface area contributed by atoms with Crippen LogP contribution in [0.15, 0.2) is 66.7 Å². The summed E-state index contributed by atoms with van der Waals surface area (Å²) in [5, 5.41) is 12.6. The Morgan fingerprint density at radius 2 is 1.62 bits per heavy atom. The quantitative estimate of drug-likeness (QED) is 0.397. The van der Waals surface area contributed by atoms with Crippen molar-refractivity contribution < 1.29 is 19.4 Å². The Kier molecular flexibility index (Phi) is 8.55. The van der Waals surface area contributed by atoms with Crippen LogP contribution in [0.3, 0.4) is 0 Å². The van der Waals surface area contributed by atoms with Crippen molar-refractivity contribution in [3.63, 3.8) is 0 Å². The third-order valence-electron chi connectivity index (χ3n) is 5.68. The van der Waals surface area contributed by atoms with Crippen molar-refractivity contribution in [2.45, 2.75) is 39.8 Å². The molecule has 0 radical (unpaired) electrons. The summed E-state index contributed by atoms with van der Waals surface area (Å²) in [5.41, 5.74) is 2.97. The van der Waals surface area contributed by atoms with Gasteiger partial charge < -0.3 is 19.9 Å². The van der Waals surface area contributed by atoms with E-state index in [-0.39, 0.29) is 11.7 Å². The largest absolute Gasteiger partial charge is 0.508 e. The third kappa shape index (κ3) is 6.51. The van der Waals surface area contributed by atoms with Crippen LogP contribution in [0.25, 0.3) is 11.1 Å². The van der Waals surface area contributed by atoms with E-state index in [2.05, 4.69) is 37.9 Å².